The van der Waals surface area contributed by atoms with Gasteiger partial charge in [-0.1, -0.05) is 151 Å². The fourth-order valence-electron chi connectivity index (χ4n) is 6.98. The van der Waals surface area contributed by atoms with Crippen LogP contribution in [0.2, 0.25) is 0 Å². The average Bonchev–Trinajstić information content (AvgIpc) is 3.66. The molecule has 0 amide bonds. The highest BCUT2D eigenvalue weighted by atomic mass is 16.3. The normalized spacial score (nSPS) is 15.7. The van der Waals surface area contributed by atoms with E-state index in [1.165, 1.54) is 0 Å². The van der Waals surface area contributed by atoms with Crippen molar-refractivity contribution in [2.75, 3.05) is 0 Å². The Morgan fingerprint density at radius 3 is 1.80 bits per heavy atom. The van der Waals surface area contributed by atoms with Crippen molar-refractivity contribution in [2.45, 2.75) is 0 Å². The quantitative estimate of drug-likeness (QED) is 0.175. The lowest BCUT2D eigenvalue weighted by atomic mass is 9.83. The van der Waals surface area contributed by atoms with Gasteiger partial charge in [-0.3, -0.25) is 0 Å². The Morgan fingerprint density at radius 2 is 1.02 bits per heavy atom. The highest BCUT2D eigenvalue weighted by Crippen LogP contribution is 2.48. The molecule has 0 aliphatic rings. The third-order valence-electron chi connectivity index (χ3n) is 9.07. The first-order valence-corrected chi connectivity index (χ1v) is 15.7. The van der Waals surface area contributed by atoms with Crippen LogP contribution in [0.1, 0.15) is 19.2 Å². The van der Waals surface area contributed by atoms with E-state index in [1.54, 1.807) is 30.3 Å². The summed E-state index contributed by atoms with van der Waals surface area (Å²) < 4.78 is 129. The zero-order valence-corrected chi connectivity index (χ0v) is 25.6. The van der Waals surface area contributed by atoms with Gasteiger partial charge in [-0.05, 0) is 107 Å². The zero-order chi connectivity index (χ0) is 44.5. The molecule has 49 heavy (non-hydrogen) atoms. The van der Waals surface area contributed by atoms with Crippen LogP contribution < -0.4 is 0 Å². The molecule has 1 aromatic heterocycles. The fraction of sp³-hybridized carbons (Fsp3) is 0. The van der Waals surface area contributed by atoms with Gasteiger partial charge in [0.15, 0.2) is 0 Å². The molecule has 10 aromatic rings. The van der Waals surface area contributed by atoms with E-state index in [-0.39, 0.29) is 22.3 Å². The van der Waals surface area contributed by atoms with Crippen LogP contribution in [0.25, 0.3) is 98.8 Å². The number of benzene rings is 9. The van der Waals surface area contributed by atoms with E-state index in [0.29, 0.717) is 38.3 Å². The first-order valence-electron chi connectivity index (χ1n) is 22.7. The smallest absolute Gasteiger partial charge is 0.136 e. The molecule has 0 aliphatic carbocycles. The first kappa shape index (κ1) is 17.1. The number of hydrogen-bond acceptors (Lipinski definition) is 1. The van der Waals surface area contributed by atoms with Crippen LogP contribution in [0.15, 0.2) is 186 Å². The summed E-state index contributed by atoms with van der Waals surface area (Å²) >= 11 is 0. The minimum absolute atomic E-state index is 0.0851. The summed E-state index contributed by atoms with van der Waals surface area (Å²) in [4.78, 5) is 0. The van der Waals surface area contributed by atoms with E-state index in [4.69, 9.17) is 20.9 Å². The number of hydrogen-bond donors (Lipinski definition) is 0. The summed E-state index contributed by atoms with van der Waals surface area (Å²) in [5.74, 6) is 0. The molecule has 0 bridgehead atoms. The summed E-state index contributed by atoms with van der Waals surface area (Å²) in [6.07, 6.45) is 0. The Bertz CT molecular complexity index is 3630. The Kier molecular flexibility index (Phi) is 3.87. The van der Waals surface area contributed by atoms with Crippen LogP contribution in [0.4, 0.5) is 0 Å². The lowest BCUT2D eigenvalue weighted by Crippen LogP contribution is -1.92. The fourth-order valence-corrected chi connectivity index (χ4v) is 6.98. The minimum Gasteiger partial charge on any atom is -0.456 e. The molecular formula is C48H30O. The summed E-state index contributed by atoms with van der Waals surface area (Å²) in [6.45, 7) is 0. The minimum atomic E-state index is -0.690. The monoisotopic (exact) mass is 636 g/mol. The summed E-state index contributed by atoms with van der Waals surface area (Å²) in [5, 5.41) is 5.72. The SMILES string of the molecule is [2H]c1c([2H])c([2H])c(-c2ccc3c(-c4cccc5oc6cc7ccccc7cc6c45)c4ccccc4c(-c4c([2H])c([2H])c([2H])c(-c5c([2H])c([2H])c([2H])c([2H])c5[2H])c4[2H])c3c2)c([2H])c1[2H]. The maximum Gasteiger partial charge on any atom is 0.136 e. The Hall–Kier alpha value is -6.44. The molecule has 0 fully saturated rings. The lowest BCUT2D eigenvalue weighted by Gasteiger charge is -2.19. The van der Waals surface area contributed by atoms with Gasteiger partial charge in [-0.15, -0.1) is 0 Å². The molecule has 1 nitrogen and oxygen atoms in total. The van der Waals surface area contributed by atoms with Crippen molar-refractivity contribution in [3.8, 4) is 44.5 Å². The topological polar surface area (TPSA) is 13.1 Å². The Labute approximate surface area is 304 Å². The third kappa shape index (κ3) is 4.47. The number of furan rings is 1. The predicted molar refractivity (Wildman–Crippen MR) is 208 cm³/mol. The molecule has 0 spiro atoms. The highest BCUT2D eigenvalue weighted by molar-refractivity contribution is 6.26. The van der Waals surface area contributed by atoms with Crippen molar-refractivity contribution < 1.29 is 23.6 Å². The van der Waals surface area contributed by atoms with Gasteiger partial charge in [0.2, 0.25) is 0 Å². The molecule has 0 atom stereocenters. The van der Waals surface area contributed by atoms with Crippen LogP contribution in [0, 0.1) is 0 Å². The van der Waals surface area contributed by atoms with Crippen molar-refractivity contribution in [1.82, 2.24) is 0 Å². The molecular weight excluding hydrogens is 593 g/mol. The standard InChI is InChI=1S/C48H30O/c1-3-13-31(14-4-1)33-19-11-20-37(27-33)46-38-21-9-10-22-39(38)47(40-26-25-36(28-42(40)46)32-15-5-2-6-16-32)41-23-12-24-44-48(41)43-29-34-17-7-8-18-35(34)30-45(43)49-44/h1-30H/i1D,2D,3D,4D,5D,6D,11D,13D,14D,15D,16D,19D,20D,27D. The molecule has 0 aliphatic heterocycles. The largest absolute Gasteiger partial charge is 0.456 e. The van der Waals surface area contributed by atoms with E-state index in [2.05, 4.69) is 6.07 Å². The van der Waals surface area contributed by atoms with E-state index in [0.717, 1.165) is 27.1 Å². The maximum atomic E-state index is 9.76. The molecule has 0 unspecified atom stereocenters. The molecule has 9 aromatic carbocycles. The highest BCUT2D eigenvalue weighted by Gasteiger charge is 2.21. The van der Waals surface area contributed by atoms with E-state index in [1.807, 2.05) is 60.7 Å². The molecule has 0 N–H and O–H groups in total. The maximum absolute atomic E-state index is 9.76. The molecule has 228 valence electrons. The number of rotatable bonds is 4. The molecule has 0 saturated heterocycles. The van der Waals surface area contributed by atoms with Crippen molar-refractivity contribution >= 4 is 54.3 Å². The van der Waals surface area contributed by atoms with E-state index < -0.39 is 95.7 Å². The van der Waals surface area contributed by atoms with E-state index in [9.17, 15) is 2.74 Å². The van der Waals surface area contributed by atoms with Crippen molar-refractivity contribution in [3.05, 3.63) is 182 Å². The van der Waals surface area contributed by atoms with Crippen LogP contribution in [-0.2, 0) is 0 Å². The molecule has 10 rings (SSSR count). The second-order valence-electron chi connectivity index (χ2n) is 11.8. The van der Waals surface area contributed by atoms with Crippen LogP contribution in [-0.4, -0.2) is 0 Å². The number of fused-ring (bicyclic) bond motifs is 6. The summed E-state index contributed by atoms with van der Waals surface area (Å²) in [5.41, 5.74) is 2.09. The van der Waals surface area contributed by atoms with Gasteiger partial charge in [0.1, 0.15) is 11.2 Å². The first-order chi connectivity index (χ1) is 30.1. The van der Waals surface area contributed by atoms with Crippen LogP contribution in [0.3, 0.4) is 0 Å². The molecule has 0 radical (unpaired) electrons. The van der Waals surface area contributed by atoms with Crippen molar-refractivity contribution in [3.63, 3.8) is 0 Å². The van der Waals surface area contributed by atoms with Gasteiger partial charge in [-0.2, -0.15) is 0 Å². The van der Waals surface area contributed by atoms with Gasteiger partial charge in [-0.25, -0.2) is 0 Å². The van der Waals surface area contributed by atoms with Gasteiger partial charge in [0.05, 0.1) is 19.2 Å². The van der Waals surface area contributed by atoms with Crippen molar-refractivity contribution in [1.29, 1.82) is 0 Å². The van der Waals surface area contributed by atoms with E-state index >= 15 is 0 Å². The predicted octanol–water partition coefficient (Wildman–Crippen LogP) is 13.7. The lowest BCUT2D eigenvalue weighted by molar-refractivity contribution is 0.669. The zero-order valence-electron chi connectivity index (χ0n) is 39.6. The Balaban J connectivity index is 1.41. The summed E-state index contributed by atoms with van der Waals surface area (Å²) in [6, 6.07) is 21.8. The van der Waals surface area contributed by atoms with Crippen LogP contribution >= 0.6 is 0 Å². The molecule has 0 saturated carbocycles. The van der Waals surface area contributed by atoms with Gasteiger partial charge >= 0.3 is 0 Å². The summed E-state index contributed by atoms with van der Waals surface area (Å²) in [7, 11) is 0. The second-order valence-corrected chi connectivity index (χ2v) is 11.8. The van der Waals surface area contributed by atoms with Gasteiger partial charge < -0.3 is 4.42 Å². The van der Waals surface area contributed by atoms with Crippen LogP contribution in [0.5, 0.6) is 0 Å². The molecule has 1 heterocycles. The average molecular weight is 637 g/mol. The van der Waals surface area contributed by atoms with Gasteiger partial charge in [0.25, 0.3) is 0 Å². The van der Waals surface area contributed by atoms with Crippen molar-refractivity contribution in [2.24, 2.45) is 0 Å². The molecule has 1 heteroatoms. The third-order valence-corrected chi connectivity index (χ3v) is 9.07. The second kappa shape index (κ2) is 11.1. The van der Waals surface area contributed by atoms with Gasteiger partial charge in [0, 0.05) is 10.8 Å². The Morgan fingerprint density at radius 1 is 0.388 bits per heavy atom.